The van der Waals surface area contributed by atoms with E-state index in [4.69, 9.17) is 4.74 Å². The Bertz CT molecular complexity index is 1260. The number of fused-ring (bicyclic) bond motifs is 1. The number of aryl methyl sites for hydroxylation is 1. The van der Waals surface area contributed by atoms with E-state index in [1.807, 2.05) is 35.9 Å². The second-order valence-electron chi connectivity index (χ2n) is 7.01. The fourth-order valence-corrected chi connectivity index (χ4v) is 4.42. The van der Waals surface area contributed by atoms with E-state index in [0.717, 1.165) is 21.5 Å². The van der Waals surface area contributed by atoms with E-state index < -0.39 is 0 Å². The number of methoxy groups -OCH3 is 1. The number of rotatable bonds is 6. The third kappa shape index (κ3) is 4.15. The number of anilines is 1. The standard InChI is InChI=1S/C23H22N4O3S/c1-14-17-12-20(31-23(17)27(26-14)13-15-7-5-4-6-8-15)22(29)25-18-11-16(21(28)24-2)9-10-19(18)30-3/h4-12H,13H2,1-3H3,(H,24,28)(H,25,29). The Kier molecular flexibility index (Phi) is 5.73. The topological polar surface area (TPSA) is 85.2 Å². The molecule has 7 nitrogen and oxygen atoms in total. The van der Waals surface area contributed by atoms with Gasteiger partial charge in [-0.1, -0.05) is 30.3 Å². The molecule has 0 radical (unpaired) electrons. The minimum absolute atomic E-state index is 0.239. The Morgan fingerprint density at radius 3 is 2.58 bits per heavy atom. The average Bonchev–Trinajstić information content (AvgIpc) is 3.35. The number of ether oxygens (including phenoxy) is 1. The highest BCUT2D eigenvalue weighted by Crippen LogP contribution is 2.31. The fraction of sp³-hybridized carbons (Fsp3) is 0.174. The van der Waals surface area contributed by atoms with Crippen LogP contribution in [-0.4, -0.2) is 35.8 Å². The van der Waals surface area contributed by atoms with E-state index in [9.17, 15) is 9.59 Å². The molecule has 0 aliphatic rings. The maximum atomic E-state index is 13.0. The molecule has 4 aromatic rings. The Hall–Kier alpha value is -3.65. The van der Waals surface area contributed by atoms with Crippen LogP contribution in [0, 0.1) is 6.92 Å². The van der Waals surface area contributed by atoms with E-state index in [0.29, 0.717) is 28.4 Å². The molecule has 8 heteroatoms. The van der Waals surface area contributed by atoms with Crippen molar-refractivity contribution in [3.63, 3.8) is 0 Å². The summed E-state index contributed by atoms with van der Waals surface area (Å²) in [5.74, 6) is -0.0237. The van der Waals surface area contributed by atoms with Crippen molar-refractivity contribution >= 4 is 39.1 Å². The molecule has 0 aliphatic carbocycles. The van der Waals surface area contributed by atoms with Gasteiger partial charge in [-0.05, 0) is 36.8 Å². The van der Waals surface area contributed by atoms with Crippen LogP contribution in [0.25, 0.3) is 10.2 Å². The van der Waals surface area contributed by atoms with Gasteiger partial charge in [0.25, 0.3) is 11.8 Å². The average molecular weight is 435 g/mol. The van der Waals surface area contributed by atoms with Crippen LogP contribution in [0.15, 0.2) is 54.6 Å². The highest BCUT2D eigenvalue weighted by molar-refractivity contribution is 7.20. The van der Waals surface area contributed by atoms with Crippen molar-refractivity contribution in [1.82, 2.24) is 15.1 Å². The normalized spacial score (nSPS) is 10.8. The predicted molar refractivity (Wildman–Crippen MR) is 122 cm³/mol. The lowest BCUT2D eigenvalue weighted by Gasteiger charge is -2.11. The summed E-state index contributed by atoms with van der Waals surface area (Å²) in [7, 11) is 3.08. The van der Waals surface area contributed by atoms with Crippen molar-refractivity contribution in [3.05, 3.63) is 76.3 Å². The number of thiophene rings is 1. The van der Waals surface area contributed by atoms with Crippen LogP contribution in [0.2, 0.25) is 0 Å². The van der Waals surface area contributed by atoms with Gasteiger partial charge in [-0.2, -0.15) is 5.10 Å². The molecule has 4 rings (SSSR count). The largest absolute Gasteiger partial charge is 0.495 e. The molecule has 0 bridgehead atoms. The van der Waals surface area contributed by atoms with E-state index >= 15 is 0 Å². The fourth-order valence-electron chi connectivity index (χ4n) is 3.36. The lowest BCUT2D eigenvalue weighted by molar-refractivity contribution is 0.0961. The highest BCUT2D eigenvalue weighted by Gasteiger charge is 2.18. The lowest BCUT2D eigenvalue weighted by atomic mass is 10.1. The second kappa shape index (κ2) is 8.61. The Balaban J connectivity index is 1.63. The zero-order valence-electron chi connectivity index (χ0n) is 17.4. The van der Waals surface area contributed by atoms with Crippen LogP contribution in [-0.2, 0) is 6.54 Å². The van der Waals surface area contributed by atoms with E-state index in [2.05, 4.69) is 27.9 Å². The third-order valence-electron chi connectivity index (χ3n) is 4.94. The van der Waals surface area contributed by atoms with Gasteiger partial charge in [0.05, 0.1) is 29.9 Å². The summed E-state index contributed by atoms with van der Waals surface area (Å²) in [6.07, 6.45) is 0. The van der Waals surface area contributed by atoms with Crippen LogP contribution in [0.3, 0.4) is 0 Å². The van der Waals surface area contributed by atoms with Crippen molar-refractivity contribution in [3.8, 4) is 5.75 Å². The molecule has 0 spiro atoms. The molecule has 0 fully saturated rings. The third-order valence-corrected chi connectivity index (χ3v) is 6.09. The number of nitrogens with one attached hydrogen (secondary N) is 2. The van der Waals surface area contributed by atoms with Crippen molar-refractivity contribution < 1.29 is 14.3 Å². The smallest absolute Gasteiger partial charge is 0.265 e. The van der Waals surface area contributed by atoms with Crippen LogP contribution < -0.4 is 15.4 Å². The molecule has 0 saturated heterocycles. The number of hydrogen-bond donors (Lipinski definition) is 2. The van der Waals surface area contributed by atoms with Gasteiger partial charge >= 0.3 is 0 Å². The summed E-state index contributed by atoms with van der Waals surface area (Å²) >= 11 is 1.39. The van der Waals surface area contributed by atoms with Crippen LogP contribution >= 0.6 is 11.3 Å². The molecule has 2 aromatic heterocycles. The zero-order chi connectivity index (χ0) is 22.0. The van der Waals surface area contributed by atoms with Crippen LogP contribution in [0.4, 0.5) is 5.69 Å². The first-order valence-electron chi connectivity index (χ1n) is 9.72. The van der Waals surface area contributed by atoms with E-state index in [1.54, 1.807) is 25.2 Å². The van der Waals surface area contributed by atoms with Gasteiger partial charge in [0, 0.05) is 18.0 Å². The number of nitrogens with zero attached hydrogens (tertiary/aromatic N) is 2. The minimum Gasteiger partial charge on any atom is -0.495 e. The van der Waals surface area contributed by atoms with Crippen molar-refractivity contribution in [1.29, 1.82) is 0 Å². The van der Waals surface area contributed by atoms with Gasteiger partial charge in [0.1, 0.15) is 10.6 Å². The summed E-state index contributed by atoms with van der Waals surface area (Å²) in [5, 5.41) is 11.0. The Morgan fingerprint density at radius 1 is 1.10 bits per heavy atom. The molecular formula is C23H22N4O3S. The summed E-state index contributed by atoms with van der Waals surface area (Å²) in [6, 6.07) is 16.8. The SMILES string of the molecule is CNC(=O)c1ccc(OC)c(NC(=O)c2cc3c(C)nn(Cc4ccccc4)c3s2)c1. The number of amides is 2. The molecule has 31 heavy (non-hydrogen) atoms. The summed E-state index contributed by atoms with van der Waals surface area (Å²) < 4.78 is 7.27. The van der Waals surface area contributed by atoms with Gasteiger partial charge in [-0.25, -0.2) is 0 Å². The van der Waals surface area contributed by atoms with E-state index in [-0.39, 0.29) is 11.8 Å². The summed E-state index contributed by atoms with van der Waals surface area (Å²) in [6.45, 7) is 2.57. The van der Waals surface area contributed by atoms with Crippen molar-refractivity contribution in [2.24, 2.45) is 0 Å². The van der Waals surface area contributed by atoms with E-state index in [1.165, 1.54) is 18.4 Å². The molecule has 2 amide bonds. The highest BCUT2D eigenvalue weighted by atomic mass is 32.1. The quantitative estimate of drug-likeness (QED) is 0.479. The van der Waals surface area contributed by atoms with Gasteiger partial charge < -0.3 is 15.4 Å². The van der Waals surface area contributed by atoms with Gasteiger partial charge in [0.2, 0.25) is 0 Å². The first-order valence-corrected chi connectivity index (χ1v) is 10.5. The number of hydrogen-bond acceptors (Lipinski definition) is 5. The number of benzene rings is 2. The molecule has 2 aromatic carbocycles. The zero-order valence-corrected chi connectivity index (χ0v) is 18.2. The molecule has 0 unspecified atom stereocenters. The van der Waals surface area contributed by atoms with Gasteiger partial charge in [-0.3, -0.25) is 14.3 Å². The number of carbonyl (C=O) groups is 2. The molecule has 0 atom stereocenters. The second-order valence-corrected chi connectivity index (χ2v) is 8.04. The Morgan fingerprint density at radius 2 is 1.87 bits per heavy atom. The summed E-state index contributed by atoms with van der Waals surface area (Å²) in [4.78, 5) is 26.5. The first-order chi connectivity index (χ1) is 15.0. The van der Waals surface area contributed by atoms with Crippen molar-refractivity contribution in [2.45, 2.75) is 13.5 Å². The predicted octanol–water partition coefficient (Wildman–Crippen LogP) is 4.08. The molecule has 0 saturated carbocycles. The van der Waals surface area contributed by atoms with Gasteiger partial charge in [0.15, 0.2) is 0 Å². The lowest BCUT2D eigenvalue weighted by Crippen LogP contribution is -2.18. The molecule has 0 aliphatic heterocycles. The Labute approximate surface area is 183 Å². The summed E-state index contributed by atoms with van der Waals surface area (Å²) in [5.41, 5.74) is 2.89. The minimum atomic E-state index is -0.265. The monoisotopic (exact) mass is 434 g/mol. The van der Waals surface area contributed by atoms with Crippen LogP contribution in [0.1, 0.15) is 31.3 Å². The number of carbonyl (C=O) groups excluding carboxylic acids is 2. The molecular weight excluding hydrogens is 412 g/mol. The van der Waals surface area contributed by atoms with Crippen LogP contribution in [0.5, 0.6) is 5.75 Å². The molecule has 2 heterocycles. The maximum Gasteiger partial charge on any atom is 0.265 e. The van der Waals surface area contributed by atoms with Gasteiger partial charge in [-0.15, -0.1) is 11.3 Å². The van der Waals surface area contributed by atoms with Crippen molar-refractivity contribution in [2.75, 3.05) is 19.5 Å². The molecule has 2 N–H and O–H groups in total. The molecule has 158 valence electrons. The first kappa shape index (κ1) is 20.6. The number of aromatic nitrogens is 2. The maximum absolute atomic E-state index is 13.0.